The maximum Gasteiger partial charge on any atom is 0.411 e. The third-order valence-electron chi connectivity index (χ3n) is 4.22. The molecule has 0 saturated carbocycles. The van der Waals surface area contributed by atoms with Crippen molar-refractivity contribution in [2.45, 2.75) is 46.3 Å². The molecule has 0 aromatic carbocycles. The normalized spacial score (nSPS) is 18.6. The molecule has 1 N–H and O–H groups in total. The van der Waals surface area contributed by atoms with Crippen molar-refractivity contribution in [2.75, 3.05) is 19.8 Å². The Hall–Kier alpha value is -2.35. The van der Waals surface area contributed by atoms with Gasteiger partial charge in [0, 0.05) is 23.9 Å². The van der Waals surface area contributed by atoms with Gasteiger partial charge in [0.05, 0.1) is 18.9 Å². The average molecular weight is 348 g/mol. The molecule has 3 rings (SSSR count). The summed E-state index contributed by atoms with van der Waals surface area (Å²) >= 11 is 0. The highest BCUT2D eigenvalue weighted by atomic mass is 16.6. The van der Waals surface area contributed by atoms with Crippen LogP contribution in [0, 0.1) is 13.8 Å². The Balaban J connectivity index is 1.98. The molecule has 0 bridgehead atoms. The van der Waals surface area contributed by atoms with Crippen LogP contribution in [0.4, 0.5) is 4.79 Å². The summed E-state index contributed by atoms with van der Waals surface area (Å²) in [5.41, 5.74) is 1.79. The van der Waals surface area contributed by atoms with E-state index in [1.54, 1.807) is 24.8 Å². The van der Waals surface area contributed by atoms with Gasteiger partial charge in [-0.15, -0.1) is 0 Å². The number of hydrogen-bond acceptors (Lipinski definition) is 5. The first-order valence-corrected chi connectivity index (χ1v) is 8.33. The highest BCUT2D eigenvalue weighted by Gasteiger charge is 2.33. The molecular formula is C17H24N4O4. The minimum Gasteiger partial charge on any atom is -0.444 e. The smallest absolute Gasteiger partial charge is 0.411 e. The largest absolute Gasteiger partial charge is 0.444 e. The van der Waals surface area contributed by atoms with Crippen molar-refractivity contribution >= 4 is 11.7 Å². The topological polar surface area (TPSA) is 88.9 Å². The number of H-pyrrole nitrogens is 1. The van der Waals surface area contributed by atoms with Crippen LogP contribution in [0.3, 0.4) is 0 Å². The lowest BCUT2D eigenvalue weighted by atomic mass is 10.1. The van der Waals surface area contributed by atoms with Crippen molar-refractivity contribution < 1.29 is 14.3 Å². The molecule has 25 heavy (non-hydrogen) atoms. The number of ether oxygens (including phenoxy) is 2. The van der Waals surface area contributed by atoms with Gasteiger partial charge in [0.2, 0.25) is 0 Å². The molecule has 136 valence electrons. The Morgan fingerprint density at radius 2 is 2.12 bits per heavy atom. The van der Waals surface area contributed by atoms with Crippen LogP contribution in [0.1, 0.15) is 43.8 Å². The lowest BCUT2D eigenvalue weighted by molar-refractivity contribution is -0.0341. The predicted molar refractivity (Wildman–Crippen MR) is 91.8 cm³/mol. The van der Waals surface area contributed by atoms with Gasteiger partial charge in [-0.05, 0) is 34.6 Å². The fourth-order valence-corrected chi connectivity index (χ4v) is 2.81. The summed E-state index contributed by atoms with van der Waals surface area (Å²) < 4.78 is 12.4. The van der Waals surface area contributed by atoms with Gasteiger partial charge >= 0.3 is 6.09 Å². The third-order valence-corrected chi connectivity index (χ3v) is 4.22. The van der Waals surface area contributed by atoms with Gasteiger partial charge in [0.1, 0.15) is 11.6 Å². The average Bonchev–Trinajstić information content (AvgIpc) is 2.95. The van der Waals surface area contributed by atoms with Gasteiger partial charge in [-0.1, -0.05) is 0 Å². The quantitative estimate of drug-likeness (QED) is 0.851. The number of nitrogens with zero attached hydrogens (tertiary/aromatic N) is 3. The van der Waals surface area contributed by atoms with Crippen LogP contribution in [0.25, 0.3) is 5.65 Å². The van der Waals surface area contributed by atoms with Crippen LogP contribution in [0.2, 0.25) is 0 Å². The van der Waals surface area contributed by atoms with E-state index in [1.807, 2.05) is 20.8 Å². The summed E-state index contributed by atoms with van der Waals surface area (Å²) in [6.45, 7) is 10.3. The third kappa shape index (κ3) is 3.39. The second-order valence-corrected chi connectivity index (χ2v) is 7.30. The zero-order valence-corrected chi connectivity index (χ0v) is 15.3. The van der Waals surface area contributed by atoms with E-state index in [1.165, 1.54) is 4.52 Å². The number of rotatable bonds is 1. The minimum atomic E-state index is -0.576. The van der Waals surface area contributed by atoms with E-state index in [4.69, 9.17) is 9.47 Å². The van der Waals surface area contributed by atoms with Crippen LogP contribution in [-0.2, 0) is 9.47 Å². The molecule has 3 heterocycles. The number of amides is 1. The molecule has 0 radical (unpaired) electrons. The molecule has 1 atom stereocenters. The van der Waals surface area contributed by atoms with E-state index in [0.29, 0.717) is 42.4 Å². The van der Waals surface area contributed by atoms with Gasteiger partial charge in [-0.2, -0.15) is 0 Å². The fourth-order valence-electron chi connectivity index (χ4n) is 2.81. The number of hydrogen-bond donors (Lipinski definition) is 1. The van der Waals surface area contributed by atoms with Gasteiger partial charge in [-0.25, -0.2) is 14.3 Å². The van der Waals surface area contributed by atoms with Gasteiger partial charge in [-0.3, -0.25) is 14.8 Å². The van der Waals surface area contributed by atoms with E-state index >= 15 is 0 Å². The van der Waals surface area contributed by atoms with E-state index in [2.05, 4.69) is 10.1 Å². The minimum absolute atomic E-state index is 0.144. The summed E-state index contributed by atoms with van der Waals surface area (Å²) in [7, 11) is 0. The number of carbonyl (C=O) groups excluding carboxylic acids is 1. The number of aryl methyl sites for hydroxylation is 1. The van der Waals surface area contributed by atoms with Gasteiger partial charge in [0.15, 0.2) is 5.65 Å². The van der Waals surface area contributed by atoms with Crippen molar-refractivity contribution in [1.29, 1.82) is 0 Å². The Bertz CT molecular complexity index is 862. The summed E-state index contributed by atoms with van der Waals surface area (Å²) in [4.78, 5) is 31.0. The first kappa shape index (κ1) is 17.5. The first-order chi connectivity index (χ1) is 11.7. The van der Waals surface area contributed by atoms with Crippen molar-refractivity contribution in [3.63, 3.8) is 0 Å². The number of morpholine rings is 1. The maximum absolute atomic E-state index is 12.5. The molecule has 8 heteroatoms. The summed E-state index contributed by atoms with van der Waals surface area (Å²) in [6.07, 6.45) is -0.396. The molecule has 1 unspecified atom stereocenters. The lowest BCUT2D eigenvalue weighted by Crippen LogP contribution is -2.45. The Morgan fingerprint density at radius 3 is 2.80 bits per heavy atom. The molecule has 0 spiro atoms. The standard InChI is InChI=1S/C17H24N4O4/c1-10-11(2)18-14-8-12(19-21(14)15(10)22)13-9-24-7-6-20(13)16(23)25-17(3,4)5/h8,13,19H,6-7,9H2,1-5H3. The summed E-state index contributed by atoms with van der Waals surface area (Å²) in [6, 6.07) is 1.43. The van der Waals surface area contributed by atoms with E-state index in [0.717, 1.165) is 0 Å². The predicted octanol–water partition coefficient (Wildman–Crippen LogP) is 1.95. The molecule has 8 nitrogen and oxygen atoms in total. The number of fused-ring (bicyclic) bond motifs is 1. The highest BCUT2D eigenvalue weighted by Crippen LogP contribution is 2.25. The van der Waals surface area contributed by atoms with E-state index < -0.39 is 11.7 Å². The SMILES string of the molecule is Cc1nc2cc(C3COCCN3C(=O)OC(C)(C)C)[nH]n2c(=O)c1C. The van der Waals surface area contributed by atoms with Crippen LogP contribution in [-0.4, -0.2) is 51.0 Å². The number of aromatic amines is 1. The summed E-state index contributed by atoms with van der Waals surface area (Å²) in [5, 5.41) is 3.06. The lowest BCUT2D eigenvalue weighted by Gasteiger charge is -2.35. The zero-order valence-electron chi connectivity index (χ0n) is 15.3. The van der Waals surface area contributed by atoms with Crippen molar-refractivity contribution in [3.8, 4) is 0 Å². The van der Waals surface area contributed by atoms with Crippen molar-refractivity contribution in [3.05, 3.63) is 33.4 Å². The first-order valence-electron chi connectivity index (χ1n) is 8.33. The molecule has 1 aliphatic heterocycles. The van der Waals surface area contributed by atoms with Crippen LogP contribution in [0.5, 0.6) is 0 Å². The van der Waals surface area contributed by atoms with E-state index in [-0.39, 0.29) is 11.6 Å². The van der Waals surface area contributed by atoms with Crippen LogP contribution < -0.4 is 5.56 Å². The molecule has 0 aliphatic carbocycles. The molecule has 1 aliphatic rings. The Kier molecular flexibility index (Phi) is 4.32. The zero-order chi connectivity index (χ0) is 18.4. The Labute approximate surface area is 145 Å². The second-order valence-electron chi connectivity index (χ2n) is 7.30. The molecule has 1 fully saturated rings. The van der Waals surface area contributed by atoms with Crippen molar-refractivity contribution in [1.82, 2.24) is 19.5 Å². The number of nitrogens with one attached hydrogen (secondary N) is 1. The Morgan fingerprint density at radius 1 is 1.40 bits per heavy atom. The van der Waals surface area contributed by atoms with Crippen LogP contribution >= 0.6 is 0 Å². The maximum atomic E-state index is 12.5. The van der Waals surface area contributed by atoms with E-state index in [9.17, 15) is 9.59 Å². The van der Waals surface area contributed by atoms with Gasteiger partial charge in [0.25, 0.3) is 5.56 Å². The van der Waals surface area contributed by atoms with Crippen LogP contribution in [0.15, 0.2) is 10.9 Å². The number of aromatic nitrogens is 3. The molecule has 2 aromatic rings. The van der Waals surface area contributed by atoms with Gasteiger partial charge < -0.3 is 9.47 Å². The van der Waals surface area contributed by atoms with Crippen molar-refractivity contribution in [2.24, 2.45) is 0 Å². The molecule has 2 aromatic heterocycles. The molecular weight excluding hydrogens is 324 g/mol. The molecule has 1 saturated heterocycles. The monoisotopic (exact) mass is 348 g/mol. The summed E-state index contributed by atoms with van der Waals surface area (Å²) in [5.74, 6) is 0. The fraction of sp³-hybridized carbons (Fsp3) is 0.588. The highest BCUT2D eigenvalue weighted by molar-refractivity contribution is 5.69. The molecule has 1 amide bonds. The second kappa shape index (κ2) is 6.18. The number of carbonyl (C=O) groups is 1.